The number of halogens is 3. The summed E-state index contributed by atoms with van der Waals surface area (Å²) in [7, 11) is 0. The third kappa shape index (κ3) is 4.85. The van der Waals surface area contributed by atoms with Gasteiger partial charge in [0.1, 0.15) is 11.6 Å². The molecule has 42 heavy (non-hydrogen) atoms. The average Bonchev–Trinajstić information content (AvgIpc) is 3.66. The molecule has 2 aliphatic rings. The molecule has 0 saturated heterocycles. The lowest BCUT2D eigenvalue weighted by molar-refractivity contribution is 0.0960. The molecule has 0 radical (unpaired) electrons. The van der Waals surface area contributed by atoms with Crippen molar-refractivity contribution in [2.45, 2.75) is 25.6 Å². The molecule has 3 amide bonds. The predicted octanol–water partition coefficient (Wildman–Crippen LogP) is 5.56. The predicted molar refractivity (Wildman–Crippen MR) is 151 cm³/mol. The van der Waals surface area contributed by atoms with Crippen molar-refractivity contribution in [2.24, 2.45) is 5.92 Å². The van der Waals surface area contributed by atoms with Gasteiger partial charge in [-0.25, -0.2) is 13.6 Å². The number of aliphatic hydroxyl groups excluding tert-OH is 1. The maximum absolute atomic E-state index is 14.3. The van der Waals surface area contributed by atoms with Gasteiger partial charge in [0.15, 0.2) is 0 Å². The molecule has 0 spiro atoms. The van der Waals surface area contributed by atoms with Gasteiger partial charge in [-0.05, 0) is 61.0 Å². The molecule has 3 heterocycles. The highest BCUT2D eigenvalue weighted by Gasteiger charge is 2.37. The van der Waals surface area contributed by atoms with Crippen LogP contribution in [-0.2, 0) is 6.54 Å². The van der Waals surface area contributed by atoms with E-state index in [-0.39, 0.29) is 34.3 Å². The van der Waals surface area contributed by atoms with Crippen LogP contribution in [-0.4, -0.2) is 33.4 Å². The first-order chi connectivity index (χ1) is 20.1. The molecule has 0 saturated carbocycles. The molecule has 212 valence electrons. The zero-order valence-electron chi connectivity index (χ0n) is 22.1. The van der Waals surface area contributed by atoms with Crippen LogP contribution in [0.2, 0.25) is 5.02 Å². The number of carbonyl (C=O) groups excluding carboxylic acids is 2. The Morgan fingerprint density at radius 3 is 2.69 bits per heavy atom. The lowest BCUT2D eigenvalue weighted by atomic mass is 9.93. The number of hydrogen-bond acceptors (Lipinski definition) is 5. The summed E-state index contributed by atoms with van der Waals surface area (Å²) < 4.78 is 29.7. The standard InChI is InChI=1S/C30H23ClF2N6O3/c1-15(10-34)12-38-13-17(11-35-38)16-6-22-27(28(37-29(22)41)20-8-18(32)2-4-23(20)31)24(7-16)36-30(42)39-14-26(40)21-9-19(33)3-5-25(21)39/h2-9,11,13,15,26,28,40H,12,14H2,1H3,(H,36,42)(H,37,41)/t15-,26+,28+/m0/s1. The van der Waals surface area contributed by atoms with Crippen LogP contribution in [0.1, 0.15) is 46.1 Å². The van der Waals surface area contributed by atoms with Gasteiger partial charge in [0.25, 0.3) is 5.91 Å². The molecule has 0 unspecified atom stereocenters. The molecule has 0 bridgehead atoms. The second-order valence-electron chi connectivity index (χ2n) is 10.3. The molecule has 3 aromatic carbocycles. The van der Waals surface area contributed by atoms with Crippen LogP contribution in [0.3, 0.4) is 0 Å². The van der Waals surface area contributed by atoms with Crippen molar-refractivity contribution in [1.29, 1.82) is 5.26 Å². The van der Waals surface area contributed by atoms with Crippen molar-refractivity contribution in [2.75, 3.05) is 16.8 Å². The lowest BCUT2D eigenvalue weighted by Crippen LogP contribution is -2.34. The highest BCUT2D eigenvalue weighted by Crippen LogP contribution is 2.42. The minimum atomic E-state index is -1.08. The molecule has 0 aliphatic carbocycles. The number of hydrogen-bond donors (Lipinski definition) is 3. The first-order valence-corrected chi connectivity index (χ1v) is 13.4. The monoisotopic (exact) mass is 588 g/mol. The van der Waals surface area contributed by atoms with Gasteiger partial charge in [-0.2, -0.15) is 10.4 Å². The number of nitrogens with one attached hydrogen (secondary N) is 2. The van der Waals surface area contributed by atoms with E-state index in [2.05, 4.69) is 21.8 Å². The number of amides is 3. The van der Waals surface area contributed by atoms with Crippen molar-refractivity contribution >= 4 is 34.9 Å². The Hall–Kier alpha value is -4.79. The van der Waals surface area contributed by atoms with Gasteiger partial charge in [0.2, 0.25) is 0 Å². The summed E-state index contributed by atoms with van der Waals surface area (Å²) in [6, 6.07) is 11.6. The molecule has 4 aromatic rings. The van der Waals surface area contributed by atoms with E-state index < -0.39 is 35.7 Å². The molecule has 1 aromatic heterocycles. The SMILES string of the molecule is C[C@@H](C#N)Cn1cc(-c2cc(NC(=O)N3C[C@@H](O)c4cc(F)ccc43)c3c(c2)C(=O)N[C@@H]3c2cc(F)ccc2Cl)cn1. The molecule has 9 nitrogen and oxygen atoms in total. The number of aromatic nitrogens is 2. The molecular weight excluding hydrogens is 566 g/mol. The van der Waals surface area contributed by atoms with E-state index in [1.165, 1.54) is 41.3 Å². The zero-order chi connectivity index (χ0) is 29.7. The molecule has 6 rings (SSSR count). The van der Waals surface area contributed by atoms with Crippen molar-refractivity contribution in [1.82, 2.24) is 15.1 Å². The van der Waals surface area contributed by atoms with E-state index in [9.17, 15) is 23.5 Å². The van der Waals surface area contributed by atoms with E-state index in [1.54, 1.807) is 36.1 Å². The van der Waals surface area contributed by atoms with Crippen molar-refractivity contribution in [3.8, 4) is 17.2 Å². The van der Waals surface area contributed by atoms with Gasteiger partial charge in [0, 0.05) is 44.7 Å². The van der Waals surface area contributed by atoms with Crippen LogP contribution in [0.5, 0.6) is 0 Å². The van der Waals surface area contributed by atoms with Crippen LogP contribution in [0, 0.1) is 28.9 Å². The van der Waals surface area contributed by atoms with Crippen LogP contribution in [0.25, 0.3) is 11.1 Å². The Morgan fingerprint density at radius 2 is 1.93 bits per heavy atom. The summed E-state index contributed by atoms with van der Waals surface area (Å²) >= 11 is 6.41. The Balaban J connectivity index is 1.44. The Morgan fingerprint density at radius 1 is 1.19 bits per heavy atom. The summed E-state index contributed by atoms with van der Waals surface area (Å²) in [6.45, 7) is 2.03. The second kappa shape index (κ2) is 10.6. The molecule has 12 heteroatoms. The molecule has 3 atom stereocenters. The summed E-state index contributed by atoms with van der Waals surface area (Å²) in [5.74, 6) is -1.81. The number of urea groups is 1. The fourth-order valence-electron chi connectivity index (χ4n) is 5.39. The number of nitrogens with zero attached hydrogens (tertiary/aromatic N) is 4. The van der Waals surface area contributed by atoms with Gasteiger partial charge in [-0.1, -0.05) is 11.6 Å². The van der Waals surface area contributed by atoms with Crippen LogP contribution in [0.4, 0.5) is 25.0 Å². The highest BCUT2D eigenvalue weighted by atomic mass is 35.5. The van der Waals surface area contributed by atoms with E-state index >= 15 is 0 Å². The van der Waals surface area contributed by atoms with Crippen molar-refractivity contribution < 1.29 is 23.5 Å². The summed E-state index contributed by atoms with van der Waals surface area (Å²) in [4.78, 5) is 28.2. The number of benzene rings is 3. The minimum absolute atomic E-state index is 0.104. The zero-order valence-corrected chi connectivity index (χ0v) is 22.9. The molecule has 2 aliphatic heterocycles. The number of nitriles is 1. The number of fused-ring (bicyclic) bond motifs is 2. The maximum Gasteiger partial charge on any atom is 0.326 e. The van der Waals surface area contributed by atoms with Gasteiger partial charge in [-0.3, -0.25) is 14.4 Å². The van der Waals surface area contributed by atoms with Gasteiger partial charge >= 0.3 is 6.03 Å². The summed E-state index contributed by atoms with van der Waals surface area (Å²) in [5, 5.41) is 29.9. The van der Waals surface area contributed by atoms with Crippen molar-refractivity contribution in [3.63, 3.8) is 0 Å². The number of aliphatic hydroxyl groups is 1. The Kier molecular flexibility index (Phi) is 6.88. The minimum Gasteiger partial charge on any atom is -0.386 e. The quantitative estimate of drug-likeness (QED) is 0.282. The van der Waals surface area contributed by atoms with Gasteiger partial charge in [0.05, 0.1) is 49.1 Å². The number of β-amino-alcohol motifs (C(OH)–C–C–N with tert-alkyl or cyclic N) is 1. The first-order valence-electron chi connectivity index (χ1n) is 13.0. The fourth-order valence-corrected chi connectivity index (χ4v) is 5.62. The van der Waals surface area contributed by atoms with Gasteiger partial charge in [-0.15, -0.1) is 0 Å². The van der Waals surface area contributed by atoms with E-state index in [0.29, 0.717) is 34.5 Å². The van der Waals surface area contributed by atoms with E-state index in [1.807, 2.05) is 0 Å². The summed E-state index contributed by atoms with van der Waals surface area (Å²) in [5.41, 5.74) is 3.01. The number of rotatable bonds is 5. The van der Waals surface area contributed by atoms with Crippen molar-refractivity contribution in [3.05, 3.63) is 99.8 Å². The first kappa shape index (κ1) is 27.4. The second-order valence-corrected chi connectivity index (χ2v) is 10.7. The molecule has 3 N–H and O–H groups in total. The van der Waals surface area contributed by atoms with E-state index in [0.717, 1.165) is 0 Å². The third-order valence-corrected chi connectivity index (χ3v) is 7.73. The number of carbonyl (C=O) groups is 2. The summed E-state index contributed by atoms with van der Waals surface area (Å²) in [6.07, 6.45) is 2.24. The fraction of sp³-hybridized carbons (Fsp3) is 0.200. The van der Waals surface area contributed by atoms with Crippen LogP contribution < -0.4 is 15.5 Å². The largest absolute Gasteiger partial charge is 0.386 e. The average molecular weight is 589 g/mol. The van der Waals surface area contributed by atoms with Crippen LogP contribution >= 0.6 is 11.6 Å². The third-order valence-electron chi connectivity index (χ3n) is 7.39. The molecule has 0 fully saturated rings. The normalized spacial score (nSPS) is 17.8. The smallest absolute Gasteiger partial charge is 0.326 e. The topological polar surface area (TPSA) is 123 Å². The van der Waals surface area contributed by atoms with Crippen LogP contribution in [0.15, 0.2) is 60.9 Å². The van der Waals surface area contributed by atoms with Gasteiger partial charge < -0.3 is 15.7 Å². The number of anilines is 2. The van der Waals surface area contributed by atoms with E-state index in [4.69, 9.17) is 16.9 Å². The Bertz CT molecular complexity index is 1800. The lowest BCUT2D eigenvalue weighted by Gasteiger charge is -2.22. The maximum atomic E-state index is 14.3. The highest BCUT2D eigenvalue weighted by molar-refractivity contribution is 6.31. The molecular formula is C30H23ClF2N6O3. The Labute approximate surface area is 243 Å².